The number of rotatable bonds is 5. The summed E-state index contributed by atoms with van der Waals surface area (Å²) in [7, 11) is 1.86. The lowest BCUT2D eigenvalue weighted by Crippen LogP contribution is -2.27. The van der Waals surface area contributed by atoms with E-state index in [1.54, 1.807) is 10.9 Å². The van der Waals surface area contributed by atoms with Crippen molar-refractivity contribution in [1.29, 1.82) is 0 Å². The van der Waals surface area contributed by atoms with Crippen molar-refractivity contribution >= 4 is 5.97 Å². The first kappa shape index (κ1) is 13.8. The van der Waals surface area contributed by atoms with Crippen molar-refractivity contribution in [2.24, 2.45) is 13.0 Å². The van der Waals surface area contributed by atoms with Crippen LogP contribution in [0.25, 0.3) is 0 Å². The lowest BCUT2D eigenvalue weighted by molar-refractivity contribution is -0.149. The van der Waals surface area contributed by atoms with Gasteiger partial charge in [0, 0.05) is 26.3 Å². The Morgan fingerprint density at radius 3 is 3.11 bits per heavy atom. The normalized spacial score (nSPS) is 22.4. The number of nitrogens with zero attached hydrogens (tertiary/aromatic N) is 2. The van der Waals surface area contributed by atoms with E-state index in [-0.39, 0.29) is 18.0 Å². The summed E-state index contributed by atoms with van der Waals surface area (Å²) >= 11 is 0. The Kier molecular flexibility index (Phi) is 4.37. The van der Waals surface area contributed by atoms with Gasteiger partial charge in [0.15, 0.2) is 0 Å². The van der Waals surface area contributed by atoms with Gasteiger partial charge in [0.05, 0.1) is 24.8 Å². The van der Waals surface area contributed by atoms with Crippen LogP contribution >= 0.6 is 0 Å². The molecule has 0 saturated carbocycles. The molecule has 1 fully saturated rings. The van der Waals surface area contributed by atoms with Gasteiger partial charge in [0.25, 0.3) is 0 Å². The number of hydrogen-bond donors (Lipinski definition) is 0. The average molecular weight is 264 g/mol. The largest absolute Gasteiger partial charge is 0.465 e. The molecule has 0 aliphatic carbocycles. The molecular formula is C14H20N2O3. The molecule has 2 atom stereocenters. The van der Waals surface area contributed by atoms with Crippen LogP contribution in [0.5, 0.6) is 0 Å². The summed E-state index contributed by atoms with van der Waals surface area (Å²) in [5.41, 5.74) is 1.95. The van der Waals surface area contributed by atoms with Crippen molar-refractivity contribution in [1.82, 2.24) is 9.78 Å². The number of ether oxygens (including phenoxy) is 2. The molecule has 5 heteroatoms. The minimum atomic E-state index is -0.202. The fraction of sp³-hybridized carbons (Fsp3) is 0.571. The molecule has 0 amide bonds. The maximum atomic E-state index is 12.0. The van der Waals surface area contributed by atoms with Gasteiger partial charge in [-0.05, 0) is 18.9 Å². The van der Waals surface area contributed by atoms with E-state index < -0.39 is 0 Å². The SMILES string of the molecule is C=C(C)[C@H]1OCC[C@H]1C(=O)OCCc1cnn(C)c1. The fourth-order valence-corrected chi connectivity index (χ4v) is 2.29. The first-order chi connectivity index (χ1) is 9.08. The van der Waals surface area contributed by atoms with Gasteiger partial charge >= 0.3 is 5.97 Å². The number of aryl methyl sites for hydroxylation is 1. The standard InChI is InChI=1S/C14H20N2O3/c1-10(2)13-12(5-7-18-13)14(17)19-6-4-11-8-15-16(3)9-11/h8-9,12-13H,1,4-7H2,2-3H3/t12-,13-/m1/s1. The highest BCUT2D eigenvalue weighted by molar-refractivity contribution is 5.74. The van der Waals surface area contributed by atoms with Crippen molar-refractivity contribution in [3.05, 3.63) is 30.1 Å². The van der Waals surface area contributed by atoms with Crippen LogP contribution in [0.3, 0.4) is 0 Å². The van der Waals surface area contributed by atoms with Crippen molar-refractivity contribution in [2.45, 2.75) is 25.9 Å². The zero-order valence-electron chi connectivity index (χ0n) is 11.5. The molecule has 0 bridgehead atoms. The number of esters is 1. The molecule has 19 heavy (non-hydrogen) atoms. The molecule has 104 valence electrons. The molecule has 0 unspecified atom stereocenters. The van der Waals surface area contributed by atoms with E-state index in [4.69, 9.17) is 9.47 Å². The van der Waals surface area contributed by atoms with E-state index in [2.05, 4.69) is 11.7 Å². The van der Waals surface area contributed by atoms with E-state index in [1.807, 2.05) is 20.2 Å². The molecule has 2 heterocycles. The third-order valence-corrected chi connectivity index (χ3v) is 3.27. The summed E-state index contributed by atoms with van der Waals surface area (Å²) in [5.74, 6) is -0.388. The summed E-state index contributed by atoms with van der Waals surface area (Å²) in [5, 5.41) is 4.07. The van der Waals surface area contributed by atoms with Crippen LogP contribution < -0.4 is 0 Å². The molecule has 1 aliphatic heterocycles. The van der Waals surface area contributed by atoms with E-state index in [0.717, 1.165) is 11.1 Å². The van der Waals surface area contributed by atoms with Crippen LogP contribution in [0.1, 0.15) is 18.9 Å². The second-order valence-corrected chi connectivity index (χ2v) is 4.97. The maximum absolute atomic E-state index is 12.0. The second kappa shape index (κ2) is 6.02. The van der Waals surface area contributed by atoms with Crippen molar-refractivity contribution in [3.63, 3.8) is 0 Å². The van der Waals surface area contributed by atoms with Crippen LogP contribution in [0.2, 0.25) is 0 Å². The van der Waals surface area contributed by atoms with Gasteiger partial charge in [-0.1, -0.05) is 12.2 Å². The fourth-order valence-electron chi connectivity index (χ4n) is 2.29. The van der Waals surface area contributed by atoms with Crippen LogP contribution in [-0.2, 0) is 27.7 Å². The smallest absolute Gasteiger partial charge is 0.312 e. The summed E-state index contributed by atoms with van der Waals surface area (Å²) in [6.45, 7) is 6.71. The van der Waals surface area contributed by atoms with Crippen LogP contribution in [0, 0.1) is 5.92 Å². The number of carbonyl (C=O) groups is 1. The lowest BCUT2D eigenvalue weighted by atomic mass is 9.97. The third kappa shape index (κ3) is 3.44. The van der Waals surface area contributed by atoms with Gasteiger partial charge in [0.1, 0.15) is 0 Å². The average Bonchev–Trinajstić information content (AvgIpc) is 2.97. The van der Waals surface area contributed by atoms with Gasteiger partial charge in [-0.3, -0.25) is 9.48 Å². The first-order valence-corrected chi connectivity index (χ1v) is 6.49. The quantitative estimate of drug-likeness (QED) is 0.597. The predicted octanol–water partition coefficient (Wildman–Crippen LogP) is 1.49. The molecular weight excluding hydrogens is 244 g/mol. The van der Waals surface area contributed by atoms with Crippen molar-refractivity contribution in [2.75, 3.05) is 13.2 Å². The Labute approximate surface area is 113 Å². The zero-order chi connectivity index (χ0) is 13.8. The van der Waals surface area contributed by atoms with E-state index in [1.165, 1.54) is 0 Å². The van der Waals surface area contributed by atoms with Crippen molar-refractivity contribution in [3.8, 4) is 0 Å². The zero-order valence-corrected chi connectivity index (χ0v) is 11.5. The molecule has 1 aliphatic rings. The summed E-state index contributed by atoms with van der Waals surface area (Å²) in [6, 6.07) is 0. The molecule has 0 N–H and O–H groups in total. The number of aromatic nitrogens is 2. The van der Waals surface area contributed by atoms with E-state index in [0.29, 0.717) is 26.1 Å². The summed E-state index contributed by atoms with van der Waals surface area (Å²) in [4.78, 5) is 12.0. The molecule has 2 rings (SSSR count). The van der Waals surface area contributed by atoms with Gasteiger partial charge in [-0.15, -0.1) is 0 Å². The highest BCUT2D eigenvalue weighted by Crippen LogP contribution is 2.26. The first-order valence-electron chi connectivity index (χ1n) is 6.49. The second-order valence-electron chi connectivity index (χ2n) is 4.97. The predicted molar refractivity (Wildman–Crippen MR) is 70.5 cm³/mol. The maximum Gasteiger partial charge on any atom is 0.312 e. The molecule has 0 spiro atoms. The number of carbonyl (C=O) groups excluding carboxylic acids is 1. The Bertz CT molecular complexity index is 467. The highest BCUT2D eigenvalue weighted by Gasteiger charge is 2.35. The molecule has 0 radical (unpaired) electrons. The third-order valence-electron chi connectivity index (χ3n) is 3.27. The Balaban J connectivity index is 1.79. The van der Waals surface area contributed by atoms with Gasteiger partial charge in [-0.25, -0.2) is 0 Å². The van der Waals surface area contributed by atoms with Gasteiger partial charge in [0.2, 0.25) is 0 Å². The minimum Gasteiger partial charge on any atom is -0.465 e. The Morgan fingerprint density at radius 1 is 1.68 bits per heavy atom. The van der Waals surface area contributed by atoms with Gasteiger partial charge in [-0.2, -0.15) is 5.10 Å². The van der Waals surface area contributed by atoms with Crippen LogP contribution in [0.4, 0.5) is 0 Å². The van der Waals surface area contributed by atoms with Gasteiger partial charge < -0.3 is 9.47 Å². The molecule has 1 aromatic rings. The lowest BCUT2D eigenvalue weighted by Gasteiger charge is -2.17. The van der Waals surface area contributed by atoms with Crippen LogP contribution in [0.15, 0.2) is 24.5 Å². The molecule has 1 saturated heterocycles. The van der Waals surface area contributed by atoms with E-state index >= 15 is 0 Å². The molecule has 5 nitrogen and oxygen atoms in total. The number of hydrogen-bond acceptors (Lipinski definition) is 4. The summed E-state index contributed by atoms with van der Waals surface area (Å²) < 4.78 is 12.6. The van der Waals surface area contributed by atoms with Crippen molar-refractivity contribution < 1.29 is 14.3 Å². The minimum absolute atomic E-state index is 0.186. The Morgan fingerprint density at radius 2 is 2.47 bits per heavy atom. The highest BCUT2D eigenvalue weighted by atomic mass is 16.5. The van der Waals surface area contributed by atoms with E-state index in [9.17, 15) is 4.79 Å². The Hall–Kier alpha value is -1.62. The summed E-state index contributed by atoms with van der Waals surface area (Å²) in [6.07, 6.45) is 4.91. The molecule has 1 aromatic heterocycles. The van der Waals surface area contributed by atoms with Crippen LogP contribution in [-0.4, -0.2) is 35.1 Å². The molecule has 0 aromatic carbocycles. The monoisotopic (exact) mass is 264 g/mol. The topological polar surface area (TPSA) is 53.4 Å².